The average Bonchev–Trinajstić information content (AvgIpc) is 2.00. The van der Waals surface area contributed by atoms with Crippen LogP contribution in [0.5, 0.6) is 0 Å². The van der Waals surface area contributed by atoms with Crippen molar-refractivity contribution in [2.24, 2.45) is 11.8 Å². The van der Waals surface area contributed by atoms with Crippen molar-refractivity contribution in [1.29, 1.82) is 0 Å². The fourth-order valence-electron chi connectivity index (χ4n) is 1.34. The molecule has 1 fully saturated rings. The maximum absolute atomic E-state index is 11.4. The van der Waals surface area contributed by atoms with Crippen molar-refractivity contribution in [1.82, 2.24) is 4.90 Å². The summed E-state index contributed by atoms with van der Waals surface area (Å²) in [5.41, 5.74) is 0. The number of hydrogen-bond acceptors (Lipinski definition) is 3. The van der Waals surface area contributed by atoms with E-state index in [1.165, 1.54) is 7.11 Å². The summed E-state index contributed by atoms with van der Waals surface area (Å²) in [4.78, 5) is 24.0. The molecule has 0 bridgehead atoms. The minimum absolute atomic E-state index is 0.0126. The van der Waals surface area contributed by atoms with Gasteiger partial charge >= 0.3 is 5.97 Å². The first-order chi connectivity index (χ1) is 6.06. The first kappa shape index (κ1) is 10.0. The SMILES string of the molecule is COC(=O)C1CN(C(=O)C(C)C)C1. The number of rotatable bonds is 2. The highest BCUT2D eigenvalue weighted by Crippen LogP contribution is 2.18. The van der Waals surface area contributed by atoms with Crippen LogP contribution in [0.15, 0.2) is 0 Å². The van der Waals surface area contributed by atoms with Gasteiger partial charge in [0.1, 0.15) is 0 Å². The van der Waals surface area contributed by atoms with E-state index in [1.807, 2.05) is 13.8 Å². The first-order valence-electron chi connectivity index (χ1n) is 4.43. The molecule has 1 saturated heterocycles. The number of esters is 1. The van der Waals surface area contributed by atoms with Crippen LogP contribution in [0.2, 0.25) is 0 Å². The van der Waals surface area contributed by atoms with E-state index in [0.717, 1.165) is 0 Å². The molecule has 13 heavy (non-hydrogen) atoms. The molecule has 1 aliphatic heterocycles. The van der Waals surface area contributed by atoms with Crippen LogP contribution >= 0.6 is 0 Å². The number of hydrogen-bond donors (Lipinski definition) is 0. The molecule has 0 unspecified atom stereocenters. The first-order valence-corrected chi connectivity index (χ1v) is 4.43. The van der Waals surface area contributed by atoms with Gasteiger partial charge < -0.3 is 9.64 Å². The van der Waals surface area contributed by atoms with Crippen molar-refractivity contribution in [2.75, 3.05) is 20.2 Å². The van der Waals surface area contributed by atoms with Crippen LogP contribution in [-0.4, -0.2) is 37.0 Å². The lowest BCUT2D eigenvalue weighted by molar-refractivity contribution is -0.156. The van der Waals surface area contributed by atoms with Crippen LogP contribution in [0.1, 0.15) is 13.8 Å². The smallest absolute Gasteiger partial charge is 0.312 e. The van der Waals surface area contributed by atoms with E-state index in [4.69, 9.17) is 0 Å². The van der Waals surface area contributed by atoms with Crippen molar-refractivity contribution < 1.29 is 14.3 Å². The summed E-state index contributed by atoms with van der Waals surface area (Å²) in [6.07, 6.45) is 0. The molecule has 1 rings (SSSR count). The maximum Gasteiger partial charge on any atom is 0.312 e. The summed E-state index contributed by atoms with van der Waals surface area (Å²) in [5, 5.41) is 0. The Kier molecular flexibility index (Phi) is 2.90. The van der Waals surface area contributed by atoms with Gasteiger partial charge in [0.05, 0.1) is 13.0 Å². The van der Waals surface area contributed by atoms with E-state index in [-0.39, 0.29) is 23.7 Å². The van der Waals surface area contributed by atoms with Crippen LogP contribution in [0.25, 0.3) is 0 Å². The Morgan fingerprint density at radius 1 is 1.38 bits per heavy atom. The predicted octanol–water partition coefficient (Wildman–Crippen LogP) is 0.274. The van der Waals surface area contributed by atoms with E-state index >= 15 is 0 Å². The molecule has 0 aromatic carbocycles. The topological polar surface area (TPSA) is 46.6 Å². The van der Waals surface area contributed by atoms with E-state index in [1.54, 1.807) is 4.90 Å². The molecule has 0 aromatic rings. The molecule has 4 nitrogen and oxygen atoms in total. The van der Waals surface area contributed by atoms with Crippen molar-refractivity contribution >= 4 is 11.9 Å². The molecular weight excluding hydrogens is 170 g/mol. The van der Waals surface area contributed by atoms with Crippen LogP contribution in [0.4, 0.5) is 0 Å². The lowest BCUT2D eigenvalue weighted by atomic mass is 9.98. The molecule has 0 N–H and O–H groups in total. The molecule has 1 amide bonds. The fraction of sp³-hybridized carbons (Fsp3) is 0.778. The average molecular weight is 185 g/mol. The highest BCUT2D eigenvalue weighted by Gasteiger charge is 2.36. The van der Waals surface area contributed by atoms with E-state index < -0.39 is 0 Å². The van der Waals surface area contributed by atoms with E-state index in [0.29, 0.717) is 13.1 Å². The van der Waals surface area contributed by atoms with Crippen molar-refractivity contribution in [2.45, 2.75) is 13.8 Å². The van der Waals surface area contributed by atoms with Gasteiger partial charge in [0.2, 0.25) is 5.91 Å². The normalized spacial score (nSPS) is 17.1. The summed E-state index contributed by atoms with van der Waals surface area (Å²) in [6.45, 7) is 4.75. The molecule has 1 heterocycles. The molecule has 74 valence electrons. The Hall–Kier alpha value is -1.06. The van der Waals surface area contributed by atoms with Crippen LogP contribution < -0.4 is 0 Å². The minimum atomic E-state index is -0.215. The molecule has 0 aliphatic carbocycles. The Labute approximate surface area is 77.8 Å². The fourth-order valence-corrected chi connectivity index (χ4v) is 1.34. The molecule has 0 aromatic heterocycles. The van der Waals surface area contributed by atoms with Crippen LogP contribution in [0.3, 0.4) is 0 Å². The monoisotopic (exact) mass is 185 g/mol. The maximum atomic E-state index is 11.4. The highest BCUT2D eigenvalue weighted by molar-refractivity contribution is 5.82. The Morgan fingerprint density at radius 2 is 1.92 bits per heavy atom. The number of carbonyl (C=O) groups excluding carboxylic acids is 2. The number of amides is 1. The molecule has 1 aliphatic rings. The summed E-state index contributed by atoms with van der Waals surface area (Å²) in [6, 6.07) is 0. The summed E-state index contributed by atoms with van der Waals surface area (Å²) >= 11 is 0. The van der Waals surface area contributed by atoms with Crippen molar-refractivity contribution in [3.05, 3.63) is 0 Å². The van der Waals surface area contributed by atoms with Gasteiger partial charge in [-0.3, -0.25) is 9.59 Å². The Bertz CT molecular complexity index is 219. The zero-order valence-corrected chi connectivity index (χ0v) is 8.24. The van der Waals surface area contributed by atoms with Gasteiger partial charge in [0.25, 0.3) is 0 Å². The van der Waals surface area contributed by atoms with Gasteiger partial charge in [-0.1, -0.05) is 13.8 Å². The summed E-state index contributed by atoms with van der Waals surface area (Å²) in [7, 11) is 1.37. The van der Waals surface area contributed by atoms with Gasteiger partial charge in [-0.25, -0.2) is 0 Å². The third-order valence-corrected chi connectivity index (χ3v) is 2.22. The quantitative estimate of drug-likeness (QED) is 0.580. The standard InChI is InChI=1S/C9H15NO3/c1-6(2)8(11)10-4-7(5-10)9(12)13-3/h6-7H,4-5H2,1-3H3. The third-order valence-electron chi connectivity index (χ3n) is 2.22. The second kappa shape index (κ2) is 3.77. The second-order valence-corrected chi connectivity index (χ2v) is 3.62. The largest absolute Gasteiger partial charge is 0.469 e. The van der Waals surface area contributed by atoms with Gasteiger partial charge in [-0.2, -0.15) is 0 Å². The van der Waals surface area contributed by atoms with Crippen LogP contribution in [0, 0.1) is 11.8 Å². The zero-order chi connectivity index (χ0) is 10.0. The van der Waals surface area contributed by atoms with Crippen LogP contribution in [-0.2, 0) is 14.3 Å². The molecule has 0 atom stereocenters. The third kappa shape index (κ3) is 1.99. The Morgan fingerprint density at radius 3 is 2.31 bits per heavy atom. The molecule has 0 saturated carbocycles. The van der Waals surface area contributed by atoms with E-state index in [9.17, 15) is 9.59 Å². The number of methoxy groups -OCH3 is 1. The Balaban J connectivity index is 2.33. The predicted molar refractivity (Wildman–Crippen MR) is 46.9 cm³/mol. The number of nitrogens with zero attached hydrogens (tertiary/aromatic N) is 1. The number of likely N-dealkylation sites (tertiary alicyclic amines) is 1. The number of carbonyl (C=O) groups is 2. The highest BCUT2D eigenvalue weighted by atomic mass is 16.5. The van der Waals surface area contributed by atoms with Gasteiger partial charge in [-0.15, -0.1) is 0 Å². The van der Waals surface area contributed by atoms with Crippen molar-refractivity contribution in [3.63, 3.8) is 0 Å². The van der Waals surface area contributed by atoms with E-state index in [2.05, 4.69) is 4.74 Å². The lowest BCUT2D eigenvalue weighted by Gasteiger charge is -2.38. The minimum Gasteiger partial charge on any atom is -0.469 e. The lowest BCUT2D eigenvalue weighted by Crippen LogP contribution is -2.54. The zero-order valence-electron chi connectivity index (χ0n) is 8.24. The second-order valence-electron chi connectivity index (χ2n) is 3.62. The molecular formula is C9H15NO3. The van der Waals surface area contributed by atoms with Gasteiger partial charge in [0, 0.05) is 19.0 Å². The summed E-state index contributed by atoms with van der Waals surface area (Å²) < 4.78 is 4.57. The molecule has 0 spiro atoms. The molecule has 0 radical (unpaired) electrons. The van der Waals surface area contributed by atoms with Gasteiger partial charge in [-0.05, 0) is 0 Å². The number of ether oxygens (including phenoxy) is 1. The van der Waals surface area contributed by atoms with Gasteiger partial charge in [0.15, 0.2) is 0 Å². The molecule has 4 heteroatoms. The summed E-state index contributed by atoms with van der Waals surface area (Å²) in [5.74, 6) is -0.195. The van der Waals surface area contributed by atoms with Crippen molar-refractivity contribution in [3.8, 4) is 0 Å².